The third-order valence-corrected chi connectivity index (χ3v) is 9.66. The van der Waals surface area contributed by atoms with E-state index in [-0.39, 0.29) is 29.5 Å². The van der Waals surface area contributed by atoms with Gasteiger partial charge in [0.15, 0.2) is 17.4 Å². The van der Waals surface area contributed by atoms with Gasteiger partial charge in [0.25, 0.3) is 5.35 Å². The Labute approximate surface area is 243 Å². The Morgan fingerprint density at radius 1 is 1.10 bits per heavy atom. The largest absolute Gasteiger partial charge is 0.870 e. The number of nitrogens with zero attached hydrogens (tertiary/aromatic N) is 4. The van der Waals surface area contributed by atoms with Crippen molar-refractivity contribution in [2.75, 3.05) is 13.2 Å². The molecule has 1 unspecified atom stereocenters. The third kappa shape index (κ3) is 3.66. The Bertz CT molecular complexity index is 1890. The van der Waals surface area contributed by atoms with Crippen LogP contribution >= 0.6 is 11.8 Å². The molecular weight excluding hydrogens is 562 g/mol. The van der Waals surface area contributed by atoms with Crippen LogP contribution in [0.2, 0.25) is 0 Å². The van der Waals surface area contributed by atoms with Gasteiger partial charge >= 0.3 is 0 Å². The highest BCUT2D eigenvalue weighted by molar-refractivity contribution is 7.98. The van der Waals surface area contributed by atoms with Crippen molar-refractivity contribution in [3.63, 3.8) is 0 Å². The van der Waals surface area contributed by atoms with Crippen molar-refractivity contribution >= 4 is 17.6 Å². The fourth-order valence-electron chi connectivity index (χ4n) is 6.51. The van der Waals surface area contributed by atoms with E-state index in [1.807, 2.05) is 18.2 Å². The Morgan fingerprint density at radius 3 is 2.81 bits per heavy atom. The van der Waals surface area contributed by atoms with Crippen LogP contribution in [-0.4, -0.2) is 34.8 Å². The van der Waals surface area contributed by atoms with Gasteiger partial charge in [-0.05, 0) is 58.1 Å². The van der Waals surface area contributed by atoms with Gasteiger partial charge in [-0.1, -0.05) is 28.3 Å². The predicted molar refractivity (Wildman–Crippen MR) is 143 cm³/mol. The SMILES string of the molecule is [O-]C1=c2c(OCc3ccncc3)c([O-])cc[n+]2=N[C@@]23C(c4cccc5c4Cc4ccc(F)c(F)c4CS5)[C@@H]2OCCN13. The van der Waals surface area contributed by atoms with Gasteiger partial charge in [-0.2, -0.15) is 0 Å². The third-order valence-electron chi connectivity index (χ3n) is 8.53. The average Bonchev–Trinajstić information content (AvgIpc) is 3.70. The normalized spacial score (nSPS) is 23.4. The molecule has 2 fully saturated rings. The summed E-state index contributed by atoms with van der Waals surface area (Å²) in [6, 6.07) is 13.7. The van der Waals surface area contributed by atoms with Crippen LogP contribution in [0.15, 0.2) is 77.1 Å². The molecule has 0 N–H and O–H groups in total. The molecule has 1 saturated carbocycles. The molecule has 4 aliphatic rings. The molecule has 4 aromatic rings. The highest BCUT2D eigenvalue weighted by atomic mass is 32.2. The van der Waals surface area contributed by atoms with E-state index in [1.54, 1.807) is 35.5 Å². The van der Waals surface area contributed by atoms with Gasteiger partial charge in [0.2, 0.25) is 11.9 Å². The highest BCUT2D eigenvalue weighted by Crippen LogP contribution is 2.62. The van der Waals surface area contributed by atoms with Gasteiger partial charge in [0.1, 0.15) is 12.7 Å². The van der Waals surface area contributed by atoms with Crippen molar-refractivity contribution in [3.05, 3.63) is 112 Å². The van der Waals surface area contributed by atoms with Crippen LogP contribution in [0.25, 0.3) is 5.88 Å². The summed E-state index contributed by atoms with van der Waals surface area (Å²) in [6.07, 6.45) is 4.79. The van der Waals surface area contributed by atoms with Crippen LogP contribution in [-0.2, 0) is 23.5 Å². The molecule has 5 heterocycles. The fraction of sp³-hybridized carbons (Fsp3) is 0.258. The summed E-state index contributed by atoms with van der Waals surface area (Å²) in [5.74, 6) is -2.40. The number of thioether (sulfide) groups is 1. The molecule has 212 valence electrons. The molecule has 1 spiro atoms. The topological polar surface area (TPSA) is 99.0 Å². The van der Waals surface area contributed by atoms with Gasteiger partial charge in [0, 0.05) is 47.1 Å². The van der Waals surface area contributed by atoms with E-state index in [1.165, 1.54) is 34.5 Å². The fourth-order valence-corrected chi connectivity index (χ4v) is 7.66. The Kier molecular flexibility index (Phi) is 5.70. The molecule has 0 radical (unpaired) electrons. The molecule has 2 aromatic carbocycles. The molecule has 3 atom stereocenters. The van der Waals surface area contributed by atoms with Crippen molar-refractivity contribution in [1.29, 1.82) is 0 Å². The predicted octanol–water partition coefficient (Wildman–Crippen LogP) is 2.16. The summed E-state index contributed by atoms with van der Waals surface area (Å²) in [4.78, 5) is 6.68. The zero-order valence-corrected chi connectivity index (χ0v) is 22.9. The van der Waals surface area contributed by atoms with Crippen molar-refractivity contribution in [2.45, 2.75) is 41.4 Å². The van der Waals surface area contributed by atoms with Crippen molar-refractivity contribution in [1.82, 2.24) is 9.88 Å². The van der Waals surface area contributed by atoms with Crippen LogP contribution in [0.5, 0.6) is 11.5 Å². The van der Waals surface area contributed by atoms with Crippen LogP contribution in [0.3, 0.4) is 0 Å². The van der Waals surface area contributed by atoms with Gasteiger partial charge in [-0.25, -0.2) is 8.78 Å². The second-order valence-corrected chi connectivity index (χ2v) is 11.8. The maximum Gasteiger partial charge on any atom is 0.286 e. The zero-order valence-electron chi connectivity index (χ0n) is 22.1. The van der Waals surface area contributed by atoms with Crippen LogP contribution < -0.4 is 24.7 Å². The smallest absolute Gasteiger partial charge is 0.286 e. The Morgan fingerprint density at radius 2 is 1.95 bits per heavy atom. The van der Waals surface area contributed by atoms with Crippen LogP contribution in [0.1, 0.15) is 33.7 Å². The number of morpholine rings is 1. The summed E-state index contributed by atoms with van der Waals surface area (Å²) in [5.41, 5.74) is 2.89. The number of aromatic nitrogens is 2. The van der Waals surface area contributed by atoms with Gasteiger partial charge in [0.05, 0.1) is 12.5 Å². The lowest BCUT2D eigenvalue weighted by atomic mass is 9.94. The number of halogens is 2. The van der Waals surface area contributed by atoms with Gasteiger partial charge in [-0.3, -0.25) is 4.98 Å². The first kappa shape index (κ1) is 25.5. The highest BCUT2D eigenvalue weighted by Gasteiger charge is 2.76. The average molecular weight is 586 g/mol. The molecule has 8 nitrogen and oxygen atoms in total. The maximum absolute atomic E-state index is 14.7. The number of rotatable bonds is 4. The summed E-state index contributed by atoms with van der Waals surface area (Å²) in [5, 5.41) is 32.1. The first-order chi connectivity index (χ1) is 20.5. The molecule has 0 bridgehead atoms. The standard InChI is InChI=1S/C31H23F2N4O4S/c32-22-5-4-18-14-20-19(2-1-3-24(20)42-16-21(18)26(22)33)25-29-31(25)35-37-11-8-23(38)28(41-15-17-6-9-34-10-7-17)27(37)30(39)36(31)12-13-40-29/h1-11,25,29H,12-16H2/q-1/t25?,29-,31+/m0/s1. The van der Waals surface area contributed by atoms with E-state index < -0.39 is 29.2 Å². The number of hydrogen-bond acceptors (Lipinski definition) is 8. The first-order valence-corrected chi connectivity index (χ1v) is 14.6. The molecule has 42 heavy (non-hydrogen) atoms. The van der Waals surface area contributed by atoms with Crippen molar-refractivity contribution in [2.24, 2.45) is 5.11 Å². The molecule has 1 saturated heterocycles. The maximum atomic E-state index is 14.7. The number of ether oxygens (including phenoxy) is 2. The number of pyridine rings is 2. The van der Waals surface area contributed by atoms with Crippen molar-refractivity contribution in [3.8, 4) is 11.5 Å². The number of benzene rings is 2. The lowest BCUT2D eigenvalue weighted by Gasteiger charge is -2.38. The quantitative estimate of drug-likeness (QED) is 0.339. The molecule has 8 rings (SSSR count). The second kappa shape index (κ2) is 9.40. The van der Waals surface area contributed by atoms with E-state index in [0.29, 0.717) is 30.9 Å². The molecule has 1 aliphatic carbocycles. The van der Waals surface area contributed by atoms with Crippen molar-refractivity contribution < 1.29 is 32.8 Å². The zero-order chi connectivity index (χ0) is 28.6. The molecule has 0 amide bonds. The molecule has 11 heteroatoms. The van der Waals surface area contributed by atoms with E-state index >= 15 is 0 Å². The summed E-state index contributed by atoms with van der Waals surface area (Å²) in [7, 11) is 0. The lowest BCUT2D eigenvalue weighted by Crippen LogP contribution is -2.59. The minimum atomic E-state index is -0.997. The second-order valence-electron chi connectivity index (χ2n) is 10.7. The monoisotopic (exact) mass is 585 g/mol. The van der Waals surface area contributed by atoms with E-state index in [2.05, 4.69) is 4.98 Å². The van der Waals surface area contributed by atoms with Crippen LogP contribution in [0.4, 0.5) is 8.78 Å². The van der Waals surface area contributed by atoms with E-state index in [0.717, 1.165) is 27.1 Å². The minimum absolute atomic E-state index is 0.0472. The van der Waals surface area contributed by atoms with E-state index in [9.17, 15) is 19.0 Å². The summed E-state index contributed by atoms with van der Waals surface area (Å²) >= 11 is 1.47. The van der Waals surface area contributed by atoms with Crippen LogP contribution in [0, 0.1) is 11.6 Å². The summed E-state index contributed by atoms with van der Waals surface area (Å²) < 4.78 is 42.3. The summed E-state index contributed by atoms with van der Waals surface area (Å²) in [6.45, 7) is 0.728. The lowest BCUT2D eigenvalue weighted by molar-refractivity contribution is -0.583. The van der Waals surface area contributed by atoms with E-state index in [4.69, 9.17) is 14.6 Å². The minimum Gasteiger partial charge on any atom is -0.870 e. The Balaban J connectivity index is 1.23. The molecule has 2 aromatic heterocycles. The molecule has 3 aliphatic heterocycles. The van der Waals surface area contributed by atoms with Gasteiger partial charge in [-0.15, -0.1) is 11.8 Å². The Hall–Kier alpha value is -4.22. The number of hydrogen-bond donors (Lipinski definition) is 0. The number of fused-ring (bicyclic) bond motifs is 3. The molecular formula is C31H23F2N4O4S-. The first-order valence-electron chi connectivity index (χ1n) is 13.6. The van der Waals surface area contributed by atoms with Gasteiger partial charge < -0.3 is 24.6 Å².